The Morgan fingerprint density at radius 3 is 2.48 bits per heavy atom. The van der Waals surface area contributed by atoms with E-state index in [1.807, 2.05) is 49.5 Å². The summed E-state index contributed by atoms with van der Waals surface area (Å²) >= 11 is 6.37. The lowest BCUT2D eigenvalue weighted by molar-refractivity contribution is 0.175. The molecular formula is C17H22ClN3. The number of pyridine rings is 1. The zero-order chi connectivity index (χ0) is 15.2. The first-order valence-electron chi connectivity index (χ1n) is 7.27. The van der Waals surface area contributed by atoms with Crippen LogP contribution in [0.15, 0.2) is 48.7 Å². The van der Waals surface area contributed by atoms with Crippen LogP contribution in [0, 0.1) is 0 Å². The lowest BCUT2D eigenvalue weighted by Crippen LogP contribution is -2.39. The SMILES string of the molecule is CCN(Cc1ccccn1)C(c1ccccc1Cl)C(C)N. The van der Waals surface area contributed by atoms with Crippen LogP contribution in [-0.4, -0.2) is 22.5 Å². The number of hydrogen-bond acceptors (Lipinski definition) is 3. The van der Waals surface area contributed by atoms with Gasteiger partial charge in [0.15, 0.2) is 0 Å². The van der Waals surface area contributed by atoms with Crippen molar-refractivity contribution in [3.05, 3.63) is 64.9 Å². The molecule has 2 atom stereocenters. The molecule has 112 valence electrons. The largest absolute Gasteiger partial charge is 0.326 e. The number of likely N-dealkylation sites (N-methyl/N-ethyl adjacent to an activating group) is 1. The third-order valence-electron chi connectivity index (χ3n) is 3.61. The minimum atomic E-state index is -0.0198. The predicted octanol–water partition coefficient (Wildman–Crippen LogP) is 3.65. The second-order valence-electron chi connectivity index (χ2n) is 5.21. The molecule has 0 saturated heterocycles. The summed E-state index contributed by atoms with van der Waals surface area (Å²) in [6.07, 6.45) is 1.82. The molecule has 2 aromatic rings. The molecule has 0 amide bonds. The van der Waals surface area contributed by atoms with Gasteiger partial charge in [0.2, 0.25) is 0 Å². The minimum Gasteiger partial charge on any atom is -0.326 e. The number of benzene rings is 1. The van der Waals surface area contributed by atoms with Crippen molar-refractivity contribution in [3.63, 3.8) is 0 Å². The predicted molar refractivity (Wildman–Crippen MR) is 88.2 cm³/mol. The van der Waals surface area contributed by atoms with Crippen molar-refractivity contribution in [1.82, 2.24) is 9.88 Å². The molecule has 21 heavy (non-hydrogen) atoms. The average Bonchev–Trinajstić information content (AvgIpc) is 2.49. The molecule has 0 spiro atoms. The Bertz CT molecular complexity index is 557. The summed E-state index contributed by atoms with van der Waals surface area (Å²) in [5, 5.41) is 0.763. The Morgan fingerprint density at radius 1 is 1.19 bits per heavy atom. The Labute approximate surface area is 131 Å². The van der Waals surface area contributed by atoms with Gasteiger partial charge in [0.1, 0.15) is 0 Å². The molecule has 0 aliphatic rings. The number of nitrogens with zero attached hydrogens (tertiary/aromatic N) is 2. The van der Waals surface area contributed by atoms with Gasteiger partial charge in [-0.3, -0.25) is 9.88 Å². The molecule has 0 fully saturated rings. The highest BCUT2D eigenvalue weighted by Crippen LogP contribution is 2.30. The van der Waals surface area contributed by atoms with Gasteiger partial charge in [0.05, 0.1) is 11.7 Å². The van der Waals surface area contributed by atoms with Crippen LogP contribution in [0.4, 0.5) is 0 Å². The van der Waals surface area contributed by atoms with E-state index >= 15 is 0 Å². The van der Waals surface area contributed by atoms with Crippen molar-refractivity contribution in [3.8, 4) is 0 Å². The number of aromatic nitrogens is 1. The average molecular weight is 304 g/mol. The molecule has 0 saturated carbocycles. The first-order valence-corrected chi connectivity index (χ1v) is 7.65. The van der Waals surface area contributed by atoms with Gasteiger partial charge in [-0.05, 0) is 37.2 Å². The van der Waals surface area contributed by atoms with E-state index in [1.165, 1.54) is 0 Å². The zero-order valence-electron chi connectivity index (χ0n) is 12.5. The van der Waals surface area contributed by atoms with E-state index < -0.39 is 0 Å². The molecule has 0 aliphatic carbocycles. The van der Waals surface area contributed by atoms with Crippen molar-refractivity contribution < 1.29 is 0 Å². The molecule has 1 heterocycles. The van der Waals surface area contributed by atoms with Crippen molar-refractivity contribution in [2.75, 3.05) is 6.54 Å². The second kappa shape index (κ2) is 7.55. The molecule has 2 rings (SSSR count). The fourth-order valence-electron chi connectivity index (χ4n) is 2.63. The van der Waals surface area contributed by atoms with E-state index in [4.69, 9.17) is 17.3 Å². The van der Waals surface area contributed by atoms with Crippen molar-refractivity contribution in [2.45, 2.75) is 32.5 Å². The van der Waals surface area contributed by atoms with E-state index in [1.54, 1.807) is 0 Å². The number of rotatable bonds is 6. The fourth-order valence-corrected chi connectivity index (χ4v) is 2.88. The topological polar surface area (TPSA) is 42.2 Å². The first-order chi connectivity index (χ1) is 10.1. The van der Waals surface area contributed by atoms with Gasteiger partial charge >= 0.3 is 0 Å². The molecule has 1 aromatic heterocycles. The van der Waals surface area contributed by atoms with Gasteiger partial charge in [-0.1, -0.05) is 42.8 Å². The van der Waals surface area contributed by atoms with Crippen LogP contribution < -0.4 is 5.73 Å². The molecule has 0 radical (unpaired) electrons. The fraction of sp³-hybridized carbons (Fsp3) is 0.353. The summed E-state index contributed by atoms with van der Waals surface area (Å²) in [5.41, 5.74) is 8.36. The molecule has 0 aliphatic heterocycles. The van der Waals surface area contributed by atoms with Crippen LogP contribution in [0.25, 0.3) is 0 Å². The zero-order valence-corrected chi connectivity index (χ0v) is 13.3. The number of halogens is 1. The van der Waals surface area contributed by atoms with Crippen LogP contribution in [0.2, 0.25) is 5.02 Å². The van der Waals surface area contributed by atoms with E-state index in [-0.39, 0.29) is 12.1 Å². The molecule has 0 bridgehead atoms. The maximum atomic E-state index is 6.37. The third kappa shape index (κ3) is 4.03. The van der Waals surface area contributed by atoms with Gasteiger partial charge in [0.25, 0.3) is 0 Å². The molecule has 2 N–H and O–H groups in total. The Hall–Kier alpha value is -1.42. The van der Waals surface area contributed by atoms with Crippen LogP contribution in [-0.2, 0) is 6.54 Å². The summed E-state index contributed by atoms with van der Waals surface area (Å²) in [5.74, 6) is 0. The lowest BCUT2D eigenvalue weighted by atomic mass is 9.98. The summed E-state index contributed by atoms with van der Waals surface area (Å²) in [7, 11) is 0. The Balaban J connectivity index is 2.29. The smallest absolute Gasteiger partial charge is 0.0544 e. The Morgan fingerprint density at radius 2 is 1.90 bits per heavy atom. The van der Waals surface area contributed by atoms with Crippen molar-refractivity contribution >= 4 is 11.6 Å². The van der Waals surface area contributed by atoms with Gasteiger partial charge in [-0.25, -0.2) is 0 Å². The second-order valence-corrected chi connectivity index (χ2v) is 5.62. The van der Waals surface area contributed by atoms with Crippen LogP contribution in [0.3, 0.4) is 0 Å². The van der Waals surface area contributed by atoms with Gasteiger partial charge in [-0.15, -0.1) is 0 Å². The minimum absolute atomic E-state index is 0.0198. The normalized spacial score (nSPS) is 14.1. The van der Waals surface area contributed by atoms with E-state index in [2.05, 4.69) is 22.9 Å². The van der Waals surface area contributed by atoms with Crippen LogP contribution in [0.5, 0.6) is 0 Å². The molecule has 2 unspecified atom stereocenters. The van der Waals surface area contributed by atoms with Gasteiger partial charge in [-0.2, -0.15) is 0 Å². The summed E-state index contributed by atoms with van der Waals surface area (Å²) in [6.45, 7) is 5.80. The highest BCUT2D eigenvalue weighted by Gasteiger charge is 2.25. The van der Waals surface area contributed by atoms with Crippen molar-refractivity contribution in [1.29, 1.82) is 0 Å². The molecule has 3 nitrogen and oxygen atoms in total. The van der Waals surface area contributed by atoms with E-state index in [9.17, 15) is 0 Å². The highest BCUT2D eigenvalue weighted by molar-refractivity contribution is 6.31. The Kier molecular flexibility index (Phi) is 5.74. The van der Waals surface area contributed by atoms with Crippen LogP contribution in [0.1, 0.15) is 31.1 Å². The van der Waals surface area contributed by atoms with Gasteiger partial charge in [0, 0.05) is 23.8 Å². The quantitative estimate of drug-likeness (QED) is 0.886. The highest BCUT2D eigenvalue weighted by atomic mass is 35.5. The third-order valence-corrected chi connectivity index (χ3v) is 3.96. The van der Waals surface area contributed by atoms with Crippen molar-refractivity contribution in [2.24, 2.45) is 5.73 Å². The summed E-state index contributed by atoms with van der Waals surface area (Å²) < 4.78 is 0. The summed E-state index contributed by atoms with van der Waals surface area (Å²) in [6, 6.07) is 13.9. The maximum absolute atomic E-state index is 6.37. The van der Waals surface area contributed by atoms with E-state index in [0.29, 0.717) is 0 Å². The molecular weight excluding hydrogens is 282 g/mol. The molecule has 4 heteroatoms. The van der Waals surface area contributed by atoms with Crippen LogP contribution >= 0.6 is 11.6 Å². The molecule has 1 aromatic carbocycles. The monoisotopic (exact) mass is 303 g/mol. The summed E-state index contributed by atoms with van der Waals surface area (Å²) in [4.78, 5) is 6.72. The van der Waals surface area contributed by atoms with Gasteiger partial charge < -0.3 is 5.73 Å². The maximum Gasteiger partial charge on any atom is 0.0544 e. The van der Waals surface area contributed by atoms with E-state index in [0.717, 1.165) is 29.4 Å². The number of hydrogen-bond donors (Lipinski definition) is 1. The standard InChI is InChI=1S/C17H22ClN3/c1-3-21(12-14-8-6-7-11-20-14)17(13(2)19)15-9-4-5-10-16(15)18/h4-11,13,17H,3,12,19H2,1-2H3. The number of nitrogens with two attached hydrogens (primary N) is 1. The lowest BCUT2D eigenvalue weighted by Gasteiger charge is -2.34. The first kappa shape index (κ1) is 16.0.